The second kappa shape index (κ2) is 8.16. The number of amides is 1. The normalized spacial score (nSPS) is 15.4. The van der Waals surface area contributed by atoms with E-state index in [1.54, 1.807) is 19.1 Å². The van der Waals surface area contributed by atoms with E-state index < -0.39 is 11.9 Å². The first-order valence-electron chi connectivity index (χ1n) is 9.04. The molecule has 1 saturated heterocycles. The summed E-state index contributed by atoms with van der Waals surface area (Å²) in [6.07, 6.45) is -1.61. The van der Waals surface area contributed by atoms with Crippen LogP contribution in [0.25, 0.3) is 0 Å². The van der Waals surface area contributed by atoms with Crippen molar-refractivity contribution < 1.29 is 22.4 Å². The highest BCUT2D eigenvalue weighted by Gasteiger charge is 2.34. The van der Waals surface area contributed by atoms with Gasteiger partial charge in [-0.1, -0.05) is 0 Å². The van der Waals surface area contributed by atoms with Gasteiger partial charge in [0, 0.05) is 18.8 Å². The van der Waals surface area contributed by atoms with Crippen LogP contribution in [-0.4, -0.2) is 40.2 Å². The van der Waals surface area contributed by atoms with Gasteiger partial charge in [0.2, 0.25) is 0 Å². The average Bonchev–Trinajstić information content (AvgIpc) is 3.33. The highest BCUT2D eigenvalue weighted by atomic mass is 19.4. The van der Waals surface area contributed by atoms with Crippen LogP contribution in [0.5, 0.6) is 0 Å². The van der Waals surface area contributed by atoms with E-state index in [2.05, 4.69) is 15.3 Å². The molecule has 6 nitrogen and oxygen atoms in total. The van der Waals surface area contributed by atoms with Gasteiger partial charge in [0.15, 0.2) is 11.5 Å². The molecule has 9 heteroatoms. The molecule has 0 aliphatic carbocycles. The van der Waals surface area contributed by atoms with E-state index in [1.807, 2.05) is 0 Å². The number of alkyl halides is 3. The van der Waals surface area contributed by atoms with Crippen molar-refractivity contribution in [3.05, 3.63) is 41.1 Å². The van der Waals surface area contributed by atoms with Crippen LogP contribution in [0.2, 0.25) is 0 Å². The van der Waals surface area contributed by atoms with Crippen molar-refractivity contribution in [2.75, 3.05) is 19.6 Å². The Bertz CT molecular complexity index is 776. The van der Waals surface area contributed by atoms with Crippen LogP contribution in [0.3, 0.4) is 0 Å². The van der Waals surface area contributed by atoms with Gasteiger partial charge in [-0.2, -0.15) is 18.3 Å². The van der Waals surface area contributed by atoms with Crippen LogP contribution >= 0.6 is 0 Å². The monoisotopic (exact) mass is 384 g/mol. The number of hydrogen-bond donors (Lipinski definition) is 1. The summed E-state index contributed by atoms with van der Waals surface area (Å²) in [7, 11) is 0. The second-order valence-electron chi connectivity index (χ2n) is 6.75. The molecule has 0 bridgehead atoms. The first-order valence-corrected chi connectivity index (χ1v) is 9.04. The molecular weight excluding hydrogens is 361 g/mol. The van der Waals surface area contributed by atoms with Crippen molar-refractivity contribution in [1.82, 2.24) is 20.0 Å². The fourth-order valence-electron chi connectivity index (χ4n) is 3.14. The quantitative estimate of drug-likeness (QED) is 0.745. The van der Waals surface area contributed by atoms with Crippen LogP contribution in [0.1, 0.15) is 47.0 Å². The van der Waals surface area contributed by atoms with E-state index >= 15 is 0 Å². The number of aryl methyl sites for hydroxylation is 2. The number of rotatable bonds is 7. The molecular formula is C18H23F3N4O2. The lowest BCUT2D eigenvalue weighted by Gasteiger charge is -2.11. The summed E-state index contributed by atoms with van der Waals surface area (Å²) < 4.78 is 44.8. The van der Waals surface area contributed by atoms with Gasteiger partial charge < -0.3 is 9.73 Å². The molecule has 148 valence electrons. The number of carbonyl (C=O) groups excluding carboxylic acids is 1. The molecule has 0 radical (unpaired) electrons. The fourth-order valence-corrected chi connectivity index (χ4v) is 3.14. The average molecular weight is 384 g/mol. The molecule has 0 saturated carbocycles. The highest BCUT2D eigenvalue weighted by Crippen LogP contribution is 2.28. The smallest absolute Gasteiger partial charge is 0.435 e. The summed E-state index contributed by atoms with van der Waals surface area (Å²) in [6.45, 7) is 4.98. The topological polar surface area (TPSA) is 63.3 Å². The van der Waals surface area contributed by atoms with Gasteiger partial charge >= 0.3 is 6.18 Å². The number of carbonyl (C=O) groups is 1. The van der Waals surface area contributed by atoms with Crippen molar-refractivity contribution in [2.24, 2.45) is 0 Å². The molecule has 3 rings (SSSR count). The number of furan rings is 1. The molecule has 1 aliphatic rings. The van der Waals surface area contributed by atoms with E-state index in [0.29, 0.717) is 31.7 Å². The van der Waals surface area contributed by atoms with Crippen LogP contribution in [0.4, 0.5) is 13.2 Å². The van der Waals surface area contributed by atoms with Crippen molar-refractivity contribution >= 4 is 5.91 Å². The largest absolute Gasteiger partial charge is 0.455 e. The zero-order chi connectivity index (χ0) is 19.4. The molecule has 1 fully saturated rings. The van der Waals surface area contributed by atoms with Crippen molar-refractivity contribution in [1.29, 1.82) is 0 Å². The zero-order valence-electron chi connectivity index (χ0n) is 15.2. The SMILES string of the molecule is Cc1cc(C(F)(F)F)nn1CCCNC(=O)c1ccc(CN2CCCC2)o1. The summed E-state index contributed by atoms with van der Waals surface area (Å²) in [5.41, 5.74) is -0.462. The molecule has 1 aliphatic heterocycles. The number of aromatic nitrogens is 2. The molecule has 3 heterocycles. The van der Waals surface area contributed by atoms with Gasteiger partial charge in [0.1, 0.15) is 5.76 Å². The molecule has 0 spiro atoms. The zero-order valence-corrected chi connectivity index (χ0v) is 15.2. The molecule has 1 amide bonds. The number of likely N-dealkylation sites (tertiary alicyclic amines) is 1. The molecule has 2 aromatic rings. The Hall–Kier alpha value is -2.29. The third-order valence-electron chi connectivity index (χ3n) is 4.57. The number of halogens is 3. The summed E-state index contributed by atoms with van der Waals surface area (Å²) in [5, 5.41) is 6.29. The van der Waals surface area contributed by atoms with Gasteiger partial charge in [-0.3, -0.25) is 14.4 Å². The molecule has 0 aromatic carbocycles. The van der Waals surface area contributed by atoms with E-state index in [-0.39, 0.29) is 11.7 Å². The highest BCUT2D eigenvalue weighted by molar-refractivity contribution is 5.91. The predicted molar refractivity (Wildman–Crippen MR) is 92.1 cm³/mol. The Morgan fingerprint density at radius 2 is 2.04 bits per heavy atom. The maximum atomic E-state index is 12.6. The number of nitrogens with zero attached hydrogens (tertiary/aromatic N) is 3. The second-order valence-corrected chi connectivity index (χ2v) is 6.75. The lowest BCUT2D eigenvalue weighted by Crippen LogP contribution is -2.25. The van der Waals surface area contributed by atoms with Gasteiger partial charge in [0.05, 0.1) is 6.54 Å². The molecule has 1 N–H and O–H groups in total. The third-order valence-corrected chi connectivity index (χ3v) is 4.57. The van der Waals surface area contributed by atoms with Crippen molar-refractivity contribution in [3.63, 3.8) is 0 Å². The van der Waals surface area contributed by atoms with Crippen LogP contribution in [0.15, 0.2) is 22.6 Å². The van der Waals surface area contributed by atoms with Gasteiger partial charge in [-0.15, -0.1) is 0 Å². The van der Waals surface area contributed by atoms with E-state index in [0.717, 1.165) is 24.9 Å². The Kier molecular flexibility index (Phi) is 5.88. The number of hydrogen-bond acceptors (Lipinski definition) is 4. The Labute approximate surface area is 155 Å². The summed E-state index contributed by atoms with van der Waals surface area (Å²) in [5.74, 6) is 0.684. The minimum absolute atomic E-state index is 0.249. The van der Waals surface area contributed by atoms with Gasteiger partial charge in [-0.25, -0.2) is 0 Å². The maximum Gasteiger partial charge on any atom is 0.435 e. The Morgan fingerprint density at radius 3 is 2.70 bits per heavy atom. The molecule has 27 heavy (non-hydrogen) atoms. The predicted octanol–water partition coefficient (Wildman–Crippen LogP) is 3.22. The van der Waals surface area contributed by atoms with E-state index in [9.17, 15) is 18.0 Å². The van der Waals surface area contributed by atoms with Gasteiger partial charge in [0.25, 0.3) is 5.91 Å². The lowest BCUT2D eigenvalue weighted by atomic mass is 10.3. The van der Waals surface area contributed by atoms with Crippen LogP contribution in [0, 0.1) is 6.92 Å². The minimum atomic E-state index is -4.45. The third kappa shape index (κ3) is 5.12. The first-order chi connectivity index (χ1) is 12.8. The standard InChI is InChI=1S/C18H23F3N4O2/c1-13-11-16(18(19,20)21)23-25(13)10-4-7-22-17(26)15-6-5-14(27-15)12-24-8-2-3-9-24/h5-6,11H,2-4,7-10,12H2,1H3,(H,22,26). The minimum Gasteiger partial charge on any atom is -0.455 e. The molecule has 0 atom stereocenters. The fraction of sp³-hybridized carbons (Fsp3) is 0.556. The van der Waals surface area contributed by atoms with Crippen molar-refractivity contribution in [3.8, 4) is 0 Å². The van der Waals surface area contributed by atoms with Gasteiger partial charge in [-0.05, 0) is 57.5 Å². The Balaban J connectivity index is 1.43. The number of nitrogens with one attached hydrogen (secondary N) is 1. The lowest BCUT2D eigenvalue weighted by molar-refractivity contribution is -0.141. The van der Waals surface area contributed by atoms with E-state index in [4.69, 9.17) is 4.42 Å². The van der Waals surface area contributed by atoms with Crippen LogP contribution < -0.4 is 5.32 Å². The first kappa shape index (κ1) is 19.5. The summed E-state index contributed by atoms with van der Waals surface area (Å²) >= 11 is 0. The molecule has 2 aromatic heterocycles. The maximum absolute atomic E-state index is 12.6. The van der Waals surface area contributed by atoms with Crippen LogP contribution in [-0.2, 0) is 19.3 Å². The van der Waals surface area contributed by atoms with Crippen molar-refractivity contribution in [2.45, 2.75) is 45.5 Å². The van der Waals surface area contributed by atoms with E-state index in [1.165, 1.54) is 17.5 Å². The summed E-state index contributed by atoms with van der Waals surface area (Å²) in [4.78, 5) is 14.4. The Morgan fingerprint density at radius 1 is 1.30 bits per heavy atom. The molecule has 0 unspecified atom stereocenters. The summed E-state index contributed by atoms with van der Waals surface area (Å²) in [6, 6.07) is 4.47.